The summed E-state index contributed by atoms with van der Waals surface area (Å²) in [6.45, 7) is 4.61. The number of rotatable bonds is 51. The lowest BCUT2D eigenvalue weighted by atomic mass is 10.1. The third-order valence-corrected chi connectivity index (χ3v) is 12.9. The lowest BCUT2D eigenvalue weighted by molar-refractivity contribution is -0.870. The van der Waals surface area contributed by atoms with Crippen LogP contribution in [-0.4, -0.2) is 73.4 Å². The highest BCUT2D eigenvalue weighted by molar-refractivity contribution is 7.47. The Morgan fingerprint density at radius 3 is 1.21 bits per heavy atom. The minimum Gasteiger partial charge on any atom is -0.387 e. The molecule has 0 aliphatic rings. The van der Waals surface area contributed by atoms with Crippen LogP contribution < -0.4 is 5.32 Å². The number of nitrogens with one attached hydrogen (secondary N) is 1. The number of quaternary nitrogens is 1. The SMILES string of the molecule is CC/C=C\C/C=C\C/C=C\C/C=C\C/C=C\C/C=C\C/C=C\C/C=C\C/C=C\C/C=C\C/C=C\CCCCCCCC(=O)NC(COP(=O)(O)OCC[N+](C)(C)C)C(O)/C=C/CC/C=C/CC/C=C/CCCCCCC. The van der Waals surface area contributed by atoms with E-state index in [4.69, 9.17) is 9.05 Å². The van der Waals surface area contributed by atoms with Crippen molar-refractivity contribution in [1.29, 1.82) is 0 Å². The van der Waals surface area contributed by atoms with Gasteiger partial charge in [-0.1, -0.05) is 229 Å². The Balaban J connectivity index is 4.26. The maximum Gasteiger partial charge on any atom is 0.472 e. The van der Waals surface area contributed by atoms with E-state index in [0.717, 1.165) is 141 Å². The number of hydrogen-bond acceptors (Lipinski definition) is 5. The number of phosphoric acid groups is 1. The van der Waals surface area contributed by atoms with E-state index in [2.05, 4.69) is 177 Å². The normalized spacial score (nSPS) is 15.1. The van der Waals surface area contributed by atoms with Crippen molar-refractivity contribution in [3.8, 4) is 0 Å². The average Bonchev–Trinajstić information content (AvgIpc) is 3.38. The number of unbranched alkanes of at least 4 members (excludes halogenated alkanes) is 12. The van der Waals surface area contributed by atoms with Gasteiger partial charge in [0, 0.05) is 6.42 Å². The number of allylic oxidation sites excluding steroid dienone is 27. The second-order valence-electron chi connectivity index (χ2n) is 20.3. The Bertz CT molecular complexity index is 1840. The van der Waals surface area contributed by atoms with Gasteiger partial charge in [-0.05, 0) is 128 Å². The van der Waals surface area contributed by atoms with E-state index < -0.39 is 20.0 Å². The number of likely N-dealkylation sites (N-methyl/N-ethyl adjacent to an activating group) is 1. The first-order chi connectivity index (χ1) is 37.0. The maximum absolute atomic E-state index is 13.0. The molecule has 0 aromatic heterocycles. The molecule has 0 radical (unpaired) electrons. The van der Waals surface area contributed by atoms with Crippen LogP contribution >= 0.6 is 7.82 Å². The number of phosphoric ester groups is 1. The molecule has 8 nitrogen and oxygen atoms in total. The number of hydrogen-bond donors (Lipinski definition) is 3. The monoisotopic (exact) mass is 1070 g/mol. The molecule has 0 rings (SSSR count). The molecule has 9 heteroatoms. The van der Waals surface area contributed by atoms with Gasteiger partial charge in [0.2, 0.25) is 5.91 Å². The highest BCUT2D eigenvalue weighted by Gasteiger charge is 2.27. The summed E-state index contributed by atoms with van der Waals surface area (Å²) < 4.78 is 23.6. The van der Waals surface area contributed by atoms with Crippen molar-refractivity contribution < 1.29 is 32.9 Å². The Labute approximate surface area is 466 Å². The largest absolute Gasteiger partial charge is 0.472 e. The number of nitrogens with zero attached hydrogens (tertiary/aromatic N) is 1. The molecule has 0 bridgehead atoms. The summed E-state index contributed by atoms with van der Waals surface area (Å²) in [5.74, 6) is -0.219. The van der Waals surface area contributed by atoms with E-state index in [1.54, 1.807) is 6.08 Å². The lowest BCUT2D eigenvalue weighted by Crippen LogP contribution is -2.45. The molecule has 0 spiro atoms. The Kier molecular flexibility index (Phi) is 52.6. The molecule has 0 saturated heterocycles. The van der Waals surface area contributed by atoms with Crippen LogP contribution in [0.3, 0.4) is 0 Å². The molecule has 0 aliphatic carbocycles. The fourth-order valence-corrected chi connectivity index (χ4v) is 8.05. The molecule has 3 N–H and O–H groups in total. The first kappa shape index (κ1) is 71.9. The fraction of sp³-hybridized carbons (Fsp3) is 0.567. The van der Waals surface area contributed by atoms with Crippen molar-refractivity contribution in [2.45, 2.75) is 206 Å². The van der Waals surface area contributed by atoms with Crippen molar-refractivity contribution in [3.63, 3.8) is 0 Å². The van der Waals surface area contributed by atoms with Gasteiger partial charge < -0.3 is 19.8 Å². The summed E-state index contributed by atoms with van der Waals surface area (Å²) in [4.78, 5) is 23.3. The Morgan fingerprint density at radius 2 is 0.803 bits per heavy atom. The molecular weight excluding hydrogens is 960 g/mol. The minimum atomic E-state index is -4.38. The molecule has 3 atom stereocenters. The highest BCUT2D eigenvalue weighted by Crippen LogP contribution is 2.43. The number of carbonyl (C=O) groups is 1. The zero-order valence-electron chi connectivity index (χ0n) is 48.7. The molecule has 428 valence electrons. The molecule has 76 heavy (non-hydrogen) atoms. The van der Waals surface area contributed by atoms with Crippen LogP contribution in [0.15, 0.2) is 170 Å². The number of aliphatic hydroxyl groups excluding tert-OH is 1. The Morgan fingerprint density at radius 1 is 0.461 bits per heavy atom. The third kappa shape index (κ3) is 57.6. The van der Waals surface area contributed by atoms with Crippen LogP contribution in [0.5, 0.6) is 0 Å². The summed E-state index contributed by atoms with van der Waals surface area (Å²) in [7, 11) is 1.50. The third-order valence-electron chi connectivity index (χ3n) is 11.9. The summed E-state index contributed by atoms with van der Waals surface area (Å²) in [6, 6.07) is -0.893. The minimum absolute atomic E-state index is 0.0398. The van der Waals surface area contributed by atoms with E-state index in [0.29, 0.717) is 17.4 Å². The lowest BCUT2D eigenvalue weighted by Gasteiger charge is -2.25. The molecule has 0 aromatic rings. The number of amides is 1. The predicted octanol–water partition coefficient (Wildman–Crippen LogP) is 18.4. The van der Waals surface area contributed by atoms with Crippen LogP contribution in [-0.2, 0) is 18.4 Å². The van der Waals surface area contributed by atoms with Gasteiger partial charge in [0.25, 0.3) is 0 Å². The van der Waals surface area contributed by atoms with Gasteiger partial charge in [-0.2, -0.15) is 0 Å². The van der Waals surface area contributed by atoms with Crippen molar-refractivity contribution in [3.05, 3.63) is 170 Å². The fourth-order valence-electron chi connectivity index (χ4n) is 7.31. The van der Waals surface area contributed by atoms with Gasteiger partial charge in [0.15, 0.2) is 0 Å². The van der Waals surface area contributed by atoms with Crippen molar-refractivity contribution >= 4 is 13.7 Å². The van der Waals surface area contributed by atoms with E-state index in [-0.39, 0.29) is 19.1 Å². The van der Waals surface area contributed by atoms with Gasteiger partial charge in [-0.3, -0.25) is 13.8 Å². The standard InChI is InChI=1S/C67H109N2O6P/c1-6-8-10-12-14-16-18-20-22-23-24-25-26-27-28-29-30-31-32-33-34-35-36-37-38-39-40-41-42-43-44-45-47-49-51-53-55-57-59-61-67(71)68-65(64-75-76(72,73)74-63-62-69(3,4)5)66(70)60-58-56-54-52-50-48-46-21-19-17-15-13-11-9-7-2/h8,10,14,16,19-22,24-25,27-28,30-31,33-34,36-37,39-40,42-43,45,47,50,52,58,60,65-66,70H,6-7,9,11-13,15,17-18,23,26,29,32,35,38,41,44,46,48-49,51,53-57,59,61-64H2,1-5H3,(H-,68,71,72,73)/p+1/b10-8-,16-14-,21-19+,22-20-,25-24-,28-27-,31-30-,34-33-,37-36-,40-39-,43-42-,47-45-,52-50+,60-58+. The highest BCUT2D eigenvalue weighted by atomic mass is 31.2. The molecule has 0 aliphatic heterocycles. The van der Waals surface area contributed by atoms with Crippen molar-refractivity contribution in [1.82, 2.24) is 5.32 Å². The van der Waals surface area contributed by atoms with E-state index in [9.17, 15) is 19.4 Å². The molecular formula is C67H110N2O6P+. The summed E-state index contributed by atoms with van der Waals surface area (Å²) in [5, 5.41) is 13.9. The average molecular weight is 1070 g/mol. The summed E-state index contributed by atoms with van der Waals surface area (Å²) >= 11 is 0. The molecule has 0 aromatic carbocycles. The maximum atomic E-state index is 13.0. The topological polar surface area (TPSA) is 105 Å². The van der Waals surface area contributed by atoms with Crippen LogP contribution in [0.25, 0.3) is 0 Å². The van der Waals surface area contributed by atoms with Crippen LogP contribution in [0.4, 0.5) is 0 Å². The quantitative estimate of drug-likeness (QED) is 0.0243. The van der Waals surface area contributed by atoms with Gasteiger partial charge in [0.1, 0.15) is 13.2 Å². The van der Waals surface area contributed by atoms with Gasteiger partial charge in [-0.15, -0.1) is 0 Å². The Hall–Kier alpha value is -4.14. The first-order valence-corrected chi connectivity index (χ1v) is 31.0. The van der Waals surface area contributed by atoms with Gasteiger partial charge in [-0.25, -0.2) is 4.57 Å². The van der Waals surface area contributed by atoms with Gasteiger partial charge in [0.05, 0.1) is 39.9 Å². The number of carbonyl (C=O) groups excluding carboxylic acids is 1. The summed E-state index contributed by atoms with van der Waals surface area (Å²) in [6.07, 6.45) is 88.9. The molecule has 0 saturated carbocycles. The first-order valence-electron chi connectivity index (χ1n) is 29.5. The zero-order chi connectivity index (χ0) is 55.6. The molecule has 0 heterocycles. The summed E-state index contributed by atoms with van der Waals surface area (Å²) in [5.41, 5.74) is 0. The van der Waals surface area contributed by atoms with Crippen LogP contribution in [0.2, 0.25) is 0 Å². The predicted molar refractivity (Wildman–Crippen MR) is 331 cm³/mol. The molecule has 0 fully saturated rings. The van der Waals surface area contributed by atoms with Crippen LogP contribution in [0, 0.1) is 0 Å². The zero-order valence-corrected chi connectivity index (χ0v) is 49.6. The second kappa shape index (κ2) is 55.6. The van der Waals surface area contributed by atoms with Crippen LogP contribution in [0.1, 0.15) is 194 Å². The van der Waals surface area contributed by atoms with Crippen molar-refractivity contribution in [2.24, 2.45) is 0 Å². The molecule has 1 amide bonds. The molecule has 3 unspecified atom stereocenters. The second-order valence-corrected chi connectivity index (χ2v) is 21.7. The van der Waals surface area contributed by atoms with E-state index in [1.807, 2.05) is 27.2 Å². The number of aliphatic hydroxyl groups is 1. The van der Waals surface area contributed by atoms with E-state index >= 15 is 0 Å². The van der Waals surface area contributed by atoms with E-state index in [1.165, 1.54) is 32.1 Å². The van der Waals surface area contributed by atoms with Gasteiger partial charge >= 0.3 is 7.82 Å². The van der Waals surface area contributed by atoms with Crippen molar-refractivity contribution in [2.75, 3.05) is 40.9 Å². The smallest absolute Gasteiger partial charge is 0.387 e.